The van der Waals surface area contributed by atoms with E-state index in [-0.39, 0.29) is 18.5 Å². The van der Waals surface area contributed by atoms with Crippen molar-refractivity contribution in [2.45, 2.75) is 398 Å². The van der Waals surface area contributed by atoms with E-state index in [4.69, 9.17) is 4.74 Å². The number of hydrogen-bond donors (Lipinski definition) is 3. The topological polar surface area (TPSA) is 95.9 Å². The van der Waals surface area contributed by atoms with Crippen LogP contribution in [0, 0.1) is 0 Å². The Morgan fingerprint density at radius 3 is 1.00 bits per heavy atom. The molecule has 0 aromatic carbocycles. The lowest BCUT2D eigenvalue weighted by Crippen LogP contribution is -2.45. The minimum absolute atomic E-state index is 0.000532. The Bertz CT molecular complexity index is 1260. The molecule has 0 aliphatic heterocycles. The number of nitrogens with one attached hydrogen (secondary N) is 1. The molecule has 460 valence electrons. The SMILES string of the molecule is CCCCCC/C=C\C/C=C\CCCCCCCC(=O)OCCCCCCCCCCCCCC/C=C\CCCCCCCCCCCC(=O)NC(CO)C(O)CCCCCCCCCCCCCCCCCCCCCC. The second-order valence-electron chi connectivity index (χ2n) is 24.2. The van der Waals surface area contributed by atoms with Gasteiger partial charge >= 0.3 is 5.97 Å². The first kappa shape index (κ1) is 76.1. The summed E-state index contributed by atoms with van der Waals surface area (Å²) in [6, 6.07) is -0.545. The zero-order chi connectivity index (χ0) is 56.4. The third kappa shape index (κ3) is 63.3. The van der Waals surface area contributed by atoms with E-state index in [1.54, 1.807) is 0 Å². The van der Waals surface area contributed by atoms with Crippen molar-refractivity contribution in [1.82, 2.24) is 5.32 Å². The molecule has 0 saturated heterocycles. The first-order valence-electron chi connectivity index (χ1n) is 35.2. The lowest BCUT2D eigenvalue weighted by Gasteiger charge is -2.22. The van der Waals surface area contributed by atoms with E-state index in [2.05, 4.69) is 55.6 Å². The molecular weight excluding hydrogens is 959 g/mol. The molecule has 0 radical (unpaired) electrons. The van der Waals surface area contributed by atoms with Crippen molar-refractivity contribution >= 4 is 11.9 Å². The summed E-state index contributed by atoms with van der Waals surface area (Å²) in [7, 11) is 0. The number of amides is 1. The van der Waals surface area contributed by atoms with Gasteiger partial charge in [-0.1, -0.05) is 326 Å². The highest BCUT2D eigenvalue weighted by atomic mass is 16.5. The van der Waals surface area contributed by atoms with Gasteiger partial charge in [0.05, 0.1) is 25.4 Å². The van der Waals surface area contributed by atoms with Gasteiger partial charge in [0.15, 0.2) is 0 Å². The highest BCUT2D eigenvalue weighted by Crippen LogP contribution is 2.18. The Balaban J connectivity index is 3.40. The Labute approximate surface area is 487 Å². The summed E-state index contributed by atoms with van der Waals surface area (Å²) in [6.45, 7) is 4.96. The molecule has 6 nitrogen and oxygen atoms in total. The maximum atomic E-state index is 12.5. The average molecular weight is 1100 g/mol. The molecule has 0 heterocycles. The highest BCUT2D eigenvalue weighted by Gasteiger charge is 2.20. The fourth-order valence-electron chi connectivity index (χ4n) is 11.0. The smallest absolute Gasteiger partial charge is 0.305 e. The molecule has 0 aromatic heterocycles. The third-order valence-electron chi connectivity index (χ3n) is 16.4. The third-order valence-corrected chi connectivity index (χ3v) is 16.4. The minimum Gasteiger partial charge on any atom is -0.466 e. The molecule has 0 aliphatic rings. The molecule has 0 spiro atoms. The number of allylic oxidation sites excluding steroid dienone is 6. The van der Waals surface area contributed by atoms with Crippen LogP contribution < -0.4 is 5.32 Å². The Kier molecular flexibility index (Phi) is 65.9. The van der Waals surface area contributed by atoms with Crippen LogP contribution in [0.5, 0.6) is 0 Å². The number of rotatable bonds is 66. The fourth-order valence-corrected chi connectivity index (χ4v) is 11.0. The van der Waals surface area contributed by atoms with Crippen LogP contribution in [-0.4, -0.2) is 47.4 Å². The molecule has 3 N–H and O–H groups in total. The first-order chi connectivity index (χ1) is 38.5. The molecule has 0 aromatic rings. The summed E-state index contributed by atoms with van der Waals surface area (Å²) in [5, 5.41) is 23.4. The molecule has 6 heteroatoms. The summed E-state index contributed by atoms with van der Waals surface area (Å²) in [6.07, 6.45) is 86.1. The summed E-state index contributed by atoms with van der Waals surface area (Å²) in [5.74, 6) is -0.0340. The largest absolute Gasteiger partial charge is 0.466 e. The van der Waals surface area contributed by atoms with Gasteiger partial charge in [0.25, 0.3) is 0 Å². The van der Waals surface area contributed by atoms with E-state index >= 15 is 0 Å². The number of hydrogen-bond acceptors (Lipinski definition) is 5. The van der Waals surface area contributed by atoms with Gasteiger partial charge in [-0.15, -0.1) is 0 Å². The normalized spacial score (nSPS) is 12.7. The van der Waals surface area contributed by atoms with Crippen molar-refractivity contribution in [3.8, 4) is 0 Å². The summed E-state index contributed by atoms with van der Waals surface area (Å²) in [4.78, 5) is 24.6. The van der Waals surface area contributed by atoms with Crippen molar-refractivity contribution in [3.05, 3.63) is 36.5 Å². The van der Waals surface area contributed by atoms with E-state index in [1.165, 1.54) is 302 Å². The van der Waals surface area contributed by atoms with E-state index in [0.29, 0.717) is 25.9 Å². The van der Waals surface area contributed by atoms with Crippen LogP contribution in [0.1, 0.15) is 386 Å². The van der Waals surface area contributed by atoms with Crippen molar-refractivity contribution in [2.24, 2.45) is 0 Å². The van der Waals surface area contributed by atoms with Gasteiger partial charge in [-0.3, -0.25) is 9.59 Å². The number of aliphatic hydroxyl groups excluding tert-OH is 2. The van der Waals surface area contributed by atoms with Crippen LogP contribution in [0.4, 0.5) is 0 Å². The summed E-state index contributed by atoms with van der Waals surface area (Å²) < 4.78 is 5.49. The van der Waals surface area contributed by atoms with Gasteiger partial charge in [0, 0.05) is 12.8 Å². The highest BCUT2D eigenvalue weighted by molar-refractivity contribution is 5.76. The van der Waals surface area contributed by atoms with Crippen molar-refractivity contribution in [1.29, 1.82) is 0 Å². The van der Waals surface area contributed by atoms with Gasteiger partial charge in [-0.25, -0.2) is 0 Å². The zero-order valence-electron chi connectivity index (χ0n) is 52.7. The van der Waals surface area contributed by atoms with Gasteiger partial charge in [0.2, 0.25) is 5.91 Å². The Morgan fingerprint density at radius 2 is 0.641 bits per heavy atom. The minimum atomic E-state index is -0.668. The standard InChI is InChI=1S/C72H137NO5/c1-3-5-7-9-11-13-15-17-19-21-22-30-33-36-40-44-48-52-56-60-64-70(75)69(68-74)73-71(76)65-61-57-53-49-45-41-37-34-31-28-26-24-23-25-27-29-32-35-39-43-47-51-55-59-63-67-78-72(77)66-62-58-54-50-46-42-38-20-18-16-14-12-10-8-6-4-2/h14,16,20,24,26,38,69-70,74-75H,3-13,15,17-19,21-23,25,27-37,39-68H2,1-2H3,(H,73,76)/b16-14-,26-24-,38-20-. The number of esters is 1. The molecule has 0 bridgehead atoms. The maximum Gasteiger partial charge on any atom is 0.305 e. The van der Waals surface area contributed by atoms with E-state index in [9.17, 15) is 19.8 Å². The van der Waals surface area contributed by atoms with Gasteiger partial charge in [-0.2, -0.15) is 0 Å². The molecule has 0 saturated carbocycles. The molecule has 78 heavy (non-hydrogen) atoms. The van der Waals surface area contributed by atoms with Crippen molar-refractivity contribution < 1.29 is 24.5 Å². The molecule has 2 atom stereocenters. The number of ether oxygens (including phenoxy) is 1. The lowest BCUT2D eigenvalue weighted by atomic mass is 10.0. The Morgan fingerprint density at radius 1 is 0.359 bits per heavy atom. The second kappa shape index (κ2) is 67.6. The van der Waals surface area contributed by atoms with Crippen LogP contribution in [-0.2, 0) is 14.3 Å². The number of unbranched alkanes of at least 4 members (excludes halogenated alkanes) is 49. The fraction of sp³-hybridized carbons (Fsp3) is 0.889. The summed E-state index contributed by atoms with van der Waals surface area (Å²) >= 11 is 0. The van der Waals surface area contributed by atoms with Crippen LogP contribution in [0.15, 0.2) is 36.5 Å². The quantitative estimate of drug-likeness (QED) is 0.0320. The van der Waals surface area contributed by atoms with Crippen LogP contribution in [0.3, 0.4) is 0 Å². The molecule has 2 unspecified atom stereocenters. The number of carbonyl (C=O) groups is 2. The van der Waals surface area contributed by atoms with Crippen LogP contribution in [0.25, 0.3) is 0 Å². The summed E-state index contributed by atoms with van der Waals surface area (Å²) in [5.41, 5.74) is 0. The monoisotopic (exact) mass is 1100 g/mol. The van der Waals surface area contributed by atoms with Crippen LogP contribution >= 0.6 is 0 Å². The number of carbonyl (C=O) groups excluding carboxylic acids is 2. The molecule has 0 rings (SSSR count). The van der Waals surface area contributed by atoms with Crippen LogP contribution in [0.2, 0.25) is 0 Å². The molecular formula is C72H137NO5. The molecule has 0 fully saturated rings. The van der Waals surface area contributed by atoms with Gasteiger partial charge < -0.3 is 20.3 Å². The van der Waals surface area contributed by atoms with Crippen molar-refractivity contribution in [3.63, 3.8) is 0 Å². The number of aliphatic hydroxyl groups is 2. The van der Waals surface area contributed by atoms with Crippen molar-refractivity contribution in [2.75, 3.05) is 13.2 Å². The van der Waals surface area contributed by atoms with Gasteiger partial charge in [-0.05, 0) is 83.5 Å². The predicted molar refractivity (Wildman–Crippen MR) is 343 cm³/mol. The second-order valence-corrected chi connectivity index (χ2v) is 24.2. The van der Waals surface area contributed by atoms with E-state index < -0.39 is 12.1 Å². The Hall–Kier alpha value is -1.92. The van der Waals surface area contributed by atoms with E-state index in [1.807, 2.05) is 0 Å². The lowest BCUT2D eigenvalue weighted by molar-refractivity contribution is -0.143. The zero-order valence-corrected chi connectivity index (χ0v) is 52.7. The molecule has 0 aliphatic carbocycles. The van der Waals surface area contributed by atoms with E-state index in [0.717, 1.165) is 51.4 Å². The average Bonchev–Trinajstić information content (AvgIpc) is 3.44. The maximum absolute atomic E-state index is 12.5. The predicted octanol–water partition coefficient (Wildman–Crippen LogP) is 22.7. The van der Waals surface area contributed by atoms with Gasteiger partial charge in [0.1, 0.15) is 0 Å². The molecule has 1 amide bonds. The first-order valence-corrected chi connectivity index (χ1v) is 35.2.